The summed E-state index contributed by atoms with van der Waals surface area (Å²) in [6.07, 6.45) is 6.95. The third-order valence-electron chi connectivity index (χ3n) is 6.09. The lowest BCUT2D eigenvalue weighted by Crippen LogP contribution is -2.42. The van der Waals surface area contributed by atoms with E-state index < -0.39 is 0 Å². The molecule has 0 atom stereocenters. The monoisotopic (exact) mass is 470 g/mol. The number of phenols is 1. The Kier molecular flexibility index (Phi) is 8.14. The third kappa shape index (κ3) is 6.07. The van der Waals surface area contributed by atoms with Crippen LogP contribution >= 0.6 is 22.9 Å². The van der Waals surface area contributed by atoms with E-state index in [2.05, 4.69) is 34.3 Å². The number of nitrogens with one attached hydrogen (secondary N) is 1. The van der Waals surface area contributed by atoms with Gasteiger partial charge in [-0.1, -0.05) is 24.6 Å². The zero-order valence-corrected chi connectivity index (χ0v) is 20.1. The molecule has 170 valence electrons. The van der Waals surface area contributed by atoms with Crippen molar-refractivity contribution < 1.29 is 5.11 Å². The number of nitrogens with zero attached hydrogens (tertiary/aromatic N) is 3. The molecule has 2 aromatic heterocycles. The van der Waals surface area contributed by atoms with Gasteiger partial charge in [-0.15, -0.1) is 11.3 Å². The summed E-state index contributed by atoms with van der Waals surface area (Å²) >= 11 is 7.85. The minimum absolute atomic E-state index is 0.125. The van der Waals surface area contributed by atoms with Crippen LogP contribution in [0.4, 0.5) is 0 Å². The van der Waals surface area contributed by atoms with Crippen LogP contribution in [0.15, 0.2) is 42.6 Å². The van der Waals surface area contributed by atoms with Gasteiger partial charge in [-0.3, -0.25) is 4.90 Å². The van der Waals surface area contributed by atoms with Gasteiger partial charge >= 0.3 is 0 Å². The van der Waals surface area contributed by atoms with Crippen LogP contribution in [-0.2, 0) is 19.4 Å². The first-order valence-corrected chi connectivity index (χ1v) is 12.6. The minimum Gasteiger partial charge on any atom is -0.506 e. The largest absolute Gasteiger partial charge is 0.506 e. The molecule has 2 N–H and O–H groups in total. The molecule has 7 heteroatoms. The molecule has 32 heavy (non-hydrogen) atoms. The summed E-state index contributed by atoms with van der Waals surface area (Å²) < 4.78 is 0. The normalized spacial score (nSPS) is 14.8. The Morgan fingerprint density at radius 1 is 1.16 bits per heavy atom. The maximum absolute atomic E-state index is 9.56. The Bertz CT molecular complexity index is 1020. The van der Waals surface area contributed by atoms with Crippen LogP contribution in [0.2, 0.25) is 5.02 Å². The fourth-order valence-corrected chi connectivity index (χ4v) is 5.49. The van der Waals surface area contributed by atoms with Gasteiger partial charge in [0.1, 0.15) is 11.6 Å². The highest BCUT2D eigenvalue weighted by Crippen LogP contribution is 2.29. The van der Waals surface area contributed by atoms with Crippen molar-refractivity contribution in [2.45, 2.75) is 51.6 Å². The molecule has 0 spiro atoms. The Labute approximate surface area is 199 Å². The molecular weight excluding hydrogens is 440 g/mol. The van der Waals surface area contributed by atoms with E-state index in [1.807, 2.05) is 35.7 Å². The van der Waals surface area contributed by atoms with E-state index in [1.54, 1.807) is 6.07 Å². The number of thiophene rings is 1. The molecule has 0 saturated carbocycles. The summed E-state index contributed by atoms with van der Waals surface area (Å²) in [5.41, 5.74) is 2.12. The molecule has 3 aromatic rings. The molecule has 3 heterocycles. The molecule has 1 fully saturated rings. The van der Waals surface area contributed by atoms with Crippen LogP contribution in [-0.4, -0.2) is 45.7 Å². The summed E-state index contributed by atoms with van der Waals surface area (Å²) in [5.74, 6) is 0.992. The average Bonchev–Trinajstić information content (AvgIpc) is 3.29. The lowest BCUT2D eigenvalue weighted by atomic mass is 10.0. The predicted molar refractivity (Wildman–Crippen MR) is 132 cm³/mol. The van der Waals surface area contributed by atoms with E-state index >= 15 is 0 Å². The van der Waals surface area contributed by atoms with Gasteiger partial charge in [0.2, 0.25) is 0 Å². The number of aryl methyl sites for hydroxylation is 2. The highest BCUT2D eigenvalue weighted by atomic mass is 35.5. The lowest BCUT2D eigenvalue weighted by Gasteiger charge is -2.33. The van der Waals surface area contributed by atoms with Crippen LogP contribution in [0, 0.1) is 0 Å². The van der Waals surface area contributed by atoms with Crippen molar-refractivity contribution in [1.29, 1.82) is 0 Å². The van der Waals surface area contributed by atoms with E-state index in [1.165, 1.54) is 22.6 Å². The smallest absolute Gasteiger partial charge is 0.134 e. The van der Waals surface area contributed by atoms with Gasteiger partial charge in [-0.2, -0.15) is 0 Å². The third-order valence-corrected chi connectivity index (χ3v) is 7.48. The number of piperidine rings is 1. The molecule has 1 saturated heterocycles. The number of halogens is 1. The molecule has 1 aromatic carbocycles. The molecule has 0 radical (unpaired) electrons. The summed E-state index contributed by atoms with van der Waals surface area (Å²) in [6, 6.07) is 12.5. The van der Waals surface area contributed by atoms with Gasteiger partial charge in [0, 0.05) is 30.1 Å². The van der Waals surface area contributed by atoms with Crippen molar-refractivity contribution in [3.05, 3.63) is 63.9 Å². The Hall–Kier alpha value is -1.99. The molecule has 1 aliphatic heterocycles. The van der Waals surface area contributed by atoms with Gasteiger partial charge < -0.3 is 10.4 Å². The number of hydrogen-bond acceptors (Lipinski definition) is 6. The van der Waals surface area contributed by atoms with E-state index in [4.69, 9.17) is 16.6 Å². The van der Waals surface area contributed by atoms with Gasteiger partial charge in [0.05, 0.1) is 15.6 Å². The van der Waals surface area contributed by atoms with Gasteiger partial charge in [-0.05, 0) is 81.2 Å². The first-order valence-electron chi connectivity index (χ1n) is 11.5. The quantitative estimate of drug-likeness (QED) is 0.443. The van der Waals surface area contributed by atoms with Gasteiger partial charge in [-0.25, -0.2) is 9.97 Å². The first-order chi connectivity index (χ1) is 15.6. The molecule has 4 rings (SSSR count). The molecule has 0 aliphatic carbocycles. The Balaban J connectivity index is 1.35. The molecule has 5 nitrogen and oxygen atoms in total. The van der Waals surface area contributed by atoms with Crippen LogP contribution in [0.5, 0.6) is 5.75 Å². The number of aromatic hydroxyl groups is 1. The van der Waals surface area contributed by atoms with Gasteiger partial charge in [0.15, 0.2) is 0 Å². The van der Waals surface area contributed by atoms with E-state index in [9.17, 15) is 5.11 Å². The summed E-state index contributed by atoms with van der Waals surface area (Å²) in [5, 5.41) is 13.4. The molecule has 0 unspecified atom stereocenters. The number of rotatable bonds is 9. The van der Waals surface area contributed by atoms with Crippen LogP contribution in [0.25, 0.3) is 10.6 Å². The highest BCUT2D eigenvalue weighted by molar-refractivity contribution is 7.15. The van der Waals surface area contributed by atoms with Crippen LogP contribution < -0.4 is 5.32 Å². The first kappa shape index (κ1) is 23.2. The lowest BCUT2D eigenvalue weighted by molar-refractivity contribution is 0.163. The second-order valence-corrected chi connectivity index (χ2v) is 9.88. The number of aromatic nitrogens is 2. The van der Waals surface area contributed by atoms with Crippen molar-refractivity contribution >= 4 is 22.9 Å². The average molecular weight is 471 g/mol. The highest BCUT2D eigenvalue weighted by Gasteiger charge is 2.20. The minimum atomic E-state index is 0.125. The molecule has 0 amide bonds. The maximum atomic E-state index is 9.56. The van der Waals surface area contributed by atoms with E-state index in [-0.39, 0.29) is 5.75 Å². The molecule has 0 bridgehead atoms. The fourth-order valence-electron chi connectivity index (χ4n) is 4.28. The number of benzene rings is 1. The molecule has 1 aliphatic rings. The number of phenolic OH excluding ortho intramolecular Hbond substituents is 1. The van der Waals surface area contributed by atoms with Crippen molar-refractivity contribution in [2.24, 2.45) is 0 Å². The maximum Gasteiger partial charge on any atom is 0.134 e. The van der Waals surface area contributed by atoms with E-state index in [0.29, 0.717) is 11.1 Å². The Morgan fingerprint density at radius 3 is 2.78 bits per heavy atom. The fraction of sp³-hybridized carbons (Fsp3) is 0.440. The number of hydrogen-bond donors (Lipinski definition) is 2. The van der Waals surface area contributed by atoms with Crippen LogP contribution in [0.3, 0.4) is 0 Å². The SMILES string of the molecule is CCN(Cc1ccc(-c2ccnc(CCCc3ccc(O)c(Cl)c3)n2)s1)C1CCNCC1. The summed E-state index contributed by atoms with van der Waals surface area (Å²) in [4.78, 5) is 14.5. The zero-order chi connectivity index (χ0) is 22.3. The van der Waals surface area contributed by atoms with E-state index in [0.717, 1.165) is 62.5 Å². The second-order valence-electron chi connectivity index (χ2n) is 8.31. The standard InChI is InChI=1S/C25H31ClN4OS/c1-2-30(19-10-13-27-14-11-19)17-20-7-9-24(32-20)22-12-15-28-25(29-22)5-3-4-18-6-8-23(31)21(26)16-18/h6-9,12,15-16,19,27,31H,2-5,10-11,13-14,17H2,1H3. The van der Waals surface area contributed by atoms with Crippen LogP contribution in [0.1, 0.15) is 42.5 Å². The summed E-state index contributed by atoms with van der Waals surface area (Å²) in [6.45, 7) is 6.61. The topological polar surface area (TPSA) is 61.3 Å². The zero-order valence-electron chi connectivity index (χ0n) is 18.6. The van der Waals surface area contributed by atoms with Crippen molar-refractivity contribution in [2.75, 3.05) is 19.6 Å². The predicted octanol–water partition coefficient (Wildman–Crippen LogP) is 5.31. The second kappa shape index (κ2) is 11.2. The van der Waals surface area contributed by atoms with Crippen molar-refractivity contribution in [1.82, 2.24) is 20.2 Å². The summed E-state index contributed by atoms with van der Waals surface area (Å²) in [7, 11) is 0. The molecular formula is C25H31ClN4OS. The Morgan fingerprint density at radius 2 is 2.00 bits per heavy atom. The van der Waals surface area contributed by atoms with Crippen molar-refractivity contribution in [3.8, 4) is 16.3 Å². The van der Waals surface area contributed by atoms with Crippen molar-refractivity contribution in [3.63, 3.8) is 0 Å². The van der Waals surface area contributed by atoms with Gasteiger partial charge in [0.25, 0.3) is 0 Å².